The van der Waals surface area contributed by atoms with Crippen LogP contribution in [0.25, 0.3) is 0 Å². The molecule has 1 aromatic carbocycles. The Bertz CT molecular complexity index is 496. The van der Waals surface area contributed by atoms with E-state index in [2.05, 4.69) is 10.6 Å². The van der Waals surface area contributed by atoms with Crippen molar-refractivity contribution in [3.63, 3.8) is 0 Å². The summed E-state index contributed by atoms with van der Waals surface area (Å²) < 4.78 is 5.09. The highest BCUT2D eigenvalue weighted by molar-refractivity contribution is 6.33. The average molecular weight is 301 g/mol. The van der Waals surface area contributed by atoms with Gasteiger partial charge in [-0.05, 0) is 13.0 Å². The summed E-state index contributed by atoms with van der Waals surface area (Å²) in [5.74, 6) is -0.0176. The molecule has 0 radical (unpaired) electrons. The first-order valence-electron chi connectivity index (χ1n) is 6.02. The summed E-state index contributed by atoms with van der Waals surface area (Å²) in [6.07, 6.45) is 0. The third kappa shape index (κ3) is 3.99. The van der Waals surface area contributed by atoms with E-state index in [1.165, 1.54) is 24.3 Å². The molecule has 0 fully saturated rings. The standard InChI is InChI=1S/C12H17ClN4O3/c1-3-17(16-19)5-4-15-12(18)8-6-9(13)10(14)7-11(8)20-2/h6-7H,3-5,14H2,1-2H3,(H,15,18). The number of likely N-dealkylation sites (N-methyl/N-ethyl adjacent to an activating group) is 1. The average Bonchev–Trinajstić information content (AvgIpc) is 2.45. The van der Waals surface area contributed by atoms with Gasteiger partial charge in [-0.3, -0.25) is 9.80 Å². The molecule has 1 aromatic rings. The van der Waals surface area contributed by atoms with Crippen molar-refractivity contribution in [3.8, 4) is 5.75 Å². The number of nitrogens with zero attached hydrogens (tertiary/aromatic N) is 2. The second-order valence-corrected chi connectivity index (χ2v) is 4.37. The fraction of sp³-hybridized carbons (Fsp3) is 0.417. The Kier molecular flexibility index (Phi) is 6.05. The number of nitrogens with one attached hydrogen (secondary N) is 1. The smallest absolute Gasteiger partial charge is 0.255 e. The fourth-order valence-corrected chi connectivity index (χ4v) is 1.73. The van der Waals surface area contributed by atoms with Crippen LogP contribution < -0.4 is 15.8 Å². The van der Waals surface area contributed by atoms with Gasteiger partial charge in [0.1, 0.15) is 5.75 Å². The molecule has 0 atom stereocenters. The molecule has 0 spiro atoms. The fourth-order valence-electron chi connectivity index (χ4n) is 1.57. The first-order chi connectivity index (χ1) is 9.53. The number of nitroso groups, excluding NO2 is 1. The van der Waals surface area contributed by atoms with Gasteiger partial charge < -0.3 is 15.8 Å². The Morgan fingerprint density at radius 3 is 2.80 bits per heavy atom. The molecule has 110 valence electrons. The van der Waals surface area contributed by atoms with Gasteiger partial charge in [-0.25, -0.2) is 0 Å². The number of hydrogen-bond acceptors (Lipinski definition) is 5. The summed E-state index contributed by atoms with van der Waals surface area (Å²) in [5, 5.41) is 7.04. The summed E-state index contributed by atoms with van der Waals surface area (Å²) in [4.78, 5) is 22.4. The number of amides is 1. The van der Waals surface area contributed by atoms with Gasteiger partial charge in [-0.1, -0.05) is 11.6 Å². The molecule has 8 heteroatoms. The first kappa shape index (κ1) is 16.0. The lowest BCUT2D eigenvalue weighted by Gasteiger charge is -2.14. The summed E-state index contributed by atoms with van der Waals surface area (Å²) in [5.41, 5.74) is 6.27. The highest BCUT2D eigenvalue weighted by atomic mass is 35.5. The number of anilines is 1. The summed E-state index contributed by atoms with van der Waals surface area (Å²) in [7, 11) is 1.44. The number of carbonyl (C=O) groups excluding carboxylic acids is 1. The highest BCUT2D eigenvalue weighted by Crippen LogP contribution is 2.28. The molecule has 1 amide bonds. The van der Waals surface area contributed by atoms with Crippen LogP contribution in [0.15, 0.2) is 17.4 Å². The van der Waals surface area contributed by atoms with Crippen LogP contribution in [0, 0.1) is 4.91 Å². The molecule has 0 aromatic heterocycles. The Hall–Kier alpha value is -2.02. The number of methoxy groups -OCH3 is 1. The minimum Gasteiger partial charge on any atom is -0.496 e. The van der Waals surface area contributed by atoms with Gasteiger partial charge in [-0.2, -0.15) is 0 Å². The maximum Gasteiger partial charge on any atom is 0.255 e. The van der Waals surface area contributed by atoms with Gasteiger partial charge in [0.15, 0.2) is 0 Å². The molecule has 3 N–H and O–H groups in total. The van der Waals surface area contributed by atoms with Crippen molar-refractivity contribution >= 4 is 23.2 Å². The molecule has 0 heterocycles. The van der Waals surface area contributed by atoms with Crippen LogP contribution in [0.2, 0.25) is 5.02 Å². The number of ether oxygens (including phenoxy) is 1. The van der Waals surface area contributed by atoms with E-state index in [1.54, 1.807) is 6.92 Å². The molecule has 0 aliphatic heterocycles. The zero-order valence-corrected chi connectivity index (χ0v) is 12.1. The van der Waals surface area contributed by atoms with Crippen LogP contribution in [0.3, 0.4) is 0 Å². The Morgan fingerprint density at radius 2 is 2.25 bits per heavy atom. The largest absolute Gasteiger partial charge is 0.496 e. The maximum absolute atomic E-state index is 12.0. The number of benzene rings is 1. The van der Waals surface area contributed by atoms with Crippen LogP contribution in [0.1, 0.15) is 17.3 Å². The Labute approximate surface area is 122 Å². The number of nitrogen functional groups attached to an aromatic ring is 1. The van der Waals surface area contributed by atoms with Crippen molar-refractivity contribution in [2.75, 3.05) is 32.5 Å². The summed E-state index contributed by atoms with van der Waals surface area (Å²) >= 11 is 5.89. The van der Waals surface area contributed by atoms with E-state index in [4.69, 9.17) is 22.1 Å². The number of carbonyl (C=O) groups is 1. The maximum atomic E-state index is 12.0. The highest BCUT2D eigenvalue weighted by Gasteiger charge is 2.14. The van der Waals surface area contributed by atoms with Gasteiger partial charge in [-0.15, -0.1) is 4.91 Å². The van der Waals surface area contributed by atoms with Gasteiger partial charge in [0, 0.05) is 19.2 Å². The van der Waals surface area contributed by atoms with E-state index in [-0.39, 0.29) is 23.0 Å². The van der Waals surface area contributed by atoms with E-state index < -0.39 is 0 Å². The van der Waals surface area contributed by atoms with E-state index >= 15 is 0 Å². The molecule has 0 saturated carbocycles. The van der Waals surface area contributed by atoms with Gasteiger partial charge in [0.25, 0.3) is 5.91 Å². The van der Waals surface area contributed by atoms with Gasteiger partial charge in [0.2, 0.25) is 0 Å². The molecular weight excluding hydrogens is 284 g/mol. The monoisotopic (exact) mass is 300 g/mol. The topological polar surface area (TPSA) is 97.0 Å². The summed E-state index contributed by atoms with van der Waals surface area (Å²) in [6, 6.07) is 2.93. The Morgan fingerprint density at radius 1 is 1.55 bits per heavy atom. The van der Waals surface area contributed by atoms with Crippen molar-refractivity contribution in [2.45, 2.75) is 6.92 Å². The zero-order chi connectivity index (χ0) is 15.1. The second kappa shape index (κ2) is 7.54. The minimum absolute atomic E-state index is 0.278. The second-order valence-electron chi connectivity index (χ2n) is 3.96. The third-order valence-electron chi connectivity index (χ3n) is 2.70. The van der Waals surface area contributed by atoms with Crippen LogP contribution in [0.4, 0.5) is 5.69 Å². The van der Waals surface area contributed by atoms with Crippen molar-refractivity contribution in [1.82, 2.24) is 10.3 Å². The van der Waals surface area contributed by atoms with Crippen LogP contribution in [-0.2, 0) is 0 Å². The van der Waals surface area contributed by atoms with Crippen molar-refractivity contribution in [1.29, 1.82) is 0 Å². The predicted molar refractivity (Wildman–Crippen MR) is 77.8 cm³/mol. The third-order valence-corrected chi connectivity index (χ3v) is 3.03. The van der Waals surface area contributed by atoms with Gasteiger partial charge in [0.05, 0.1) is 35.2 Å². The predicted octanol–water partition coefficient (Wildman–Crippen LogP) is 1.66. The number of halogens is 1. The molecule has 20 heavy (non-hydrogen) atoms. The molecule has 0 bridgehead atoms. The van der Waals surface area contributed by atoms with E-state index in [1.807, 2.05) is 0 Å². The van der Waals surface area contributed by atoms with Crippen molar-refractivity contribution in [3.05, 3.63) is 27.6 Å². The molecule has 0 unspecified atom stereocenters. The van der Waals surface area contributed by atoms with E-state index in [9.17, 15) is 9.70 Å². The lowest BCUT2D eigenvalue weighted by Crippen LogP contribution is -2.32. The summed E-state index contributed by atoms with van der Waals surface area (Å²) in [6.45, 7) is 2.89. The van der Waals surface area contributed by atoms with Crippen molar-refractivity contribution < 1.29 is 9.53 Å². The lowest BCUT2D eigenvalue weighted by atomic mass is 10.1. The first-order valence-corrected chi connectivity index (χ1v) is 6.40. The van der Waals surface area contributed by atoms with E-state index in [0.717, 1.165) is 0 Å². The minimum atomic E-state index is -0.356. The molecule has 0 aliphatic carbocycles. The van der Waals surface area contributed by atoms with Crippen molar-refractivity contribution in [2.24, 2.45) is 5.29 Å². The zero-order valence-electron chi connectivity index (χ0n) is 11.4. The number of hydrogen-bond donors (Lipinski definition) is 2. The molecule has 0 aliphatic rings. The lowest BCUT2D eigenvalue weighted by molar-refractivity contribution is 0.0946. The normalized spacial score (nSPS) is 9.95. The van der Waals surface area contributed by atoms with E-state index in [0.29, 0.717) is 24.5 Å². The van der Waals surface area contributed by atoms with Crippen LogP contribution >= 0.6 is 11.6 Å². The molecular formula is C12H17ClN4O3. The number of nitrogens with two attached hydrogens (primary N) is 1. The quantitative estimate of drug-likeness (QED) is 0.453. The molecule has 0 saturated heterocycles. The van der Waals surface area contributed by atoms with Crippen LogP contribution in [0.5, 0.6) is 5.75 Å². The van der Waals surface area contributed by atoms with Gasteiger partial charge >= 0.3 is 0 Å². The Balaban J connectivity index is 2.72. The molecule has 1 rings (SSSR count). The SMILES string of the molecule is CCN(CCNC(=O)c1cc(Cl)c(N)cc1OC)N=O. The van der Waals surface area contributed by atoms with Crippen LogP contribution in [-0.4, -0.2) is 37.7 Å². The molecule has 7 nitrogen and oxygen atoms in total. The number of rotatable bonds is 7.